The lowest BCUT2D eigenvalue weighted by molar-refractivity contribution is 0.171. The van der Waals surface area contributed by atoms with E-state index in [9.17, 15) is 0 Å². The van der Waals surface area contributed by atoms with Crippen LogP contribution in [0.15, 0.2) is 18.2 Å². The summed E-state index contributed by atoms with van der Waals surface area (Å²) in [7, 11) is 0. The van der Waals surface area contributed by atoms with Gasteiger partial charge in [0.2, 0.25) is 0 Å². The normalized spacial score (nSPS) is 16.8. The van der Waals surface area contributed by atoms with Crippen molar-refractivity contribution in [1.82, 2.24) is 9.97 Å². The number of hydrogen-bond donors (Lipinski definition) is 1. The summed E-state index contributed by atoms with van der Waals surface area (Å²) in [6, 6.07) is 5.77. The Hall–Kier alpha value is -1.57. The zero-order chi connectivity index (χ0) is 14.4. The third kappa shape index (κ3) is 2.41. The van der Waals surface area contributed by atoms with Crippen molar-refractivity contribution in [2.24, 2.45) is 0 Å². The smallest absolute Gasteiger partial charge is 0.162 e. The summed E-state index contributed by atoms with van der Waals surface area (Å²) in [5, 5.41) is 0. The summed E-state index contributed by atoms with van der Waals surface area (Å²) in [5.41, 5.74) is 8.03. The maximum Gasteiger partial charge on any atom is 0.162 e. The predicted molar refractivity (Wildman–Crippen MR) is 87.6 cm³/mol. The van der Waals surface area contributed by atoms with Gasteiger partial charge in [0, 0.05) is 11.5 Å². The second-order valence-electron chi connectivity index (χ2n) is 5.26. The van der Waals surface area contributed by atoms with Gasteiger partial charge in [-0.1, -0.05) is 0 Å². The fraction of sp³-hybridized carbons (Fsp3) is 0.333. The molecule has 0 saturated heterocycles. The van der Waals surface area contributed by atoms with Crippen molar-refractivity contribution >= 4 is 28.4 Å². The lowest BCUT2D eigenvalue weighted by Gasteiger charge is -2.18. The monoisotopic (exact) mass is 395 g/mol. The molecule has 2 aliphatic rings. The first-order valence-electron chi connectivity index (χ1n) is 6.95. The number of nitrogen functional groups attached to an aromatic ring is 1. The highest BCUT2D eigenvalue weighted by atomic mass is 127. The van der Waals surface area contributed by atoms with E-state index >= 15 is 0 Å². The van der Waals surface area contributed by atoms with Crippen LogP contribution >= 0.6 is 22.6 Å². The van der Waals surface area contributed by atoms with Crippen LogP contribution in [0, 0.1) is 3.57 Å². The van der Waals surface area contributed by atoms with Gasteiger partial charge in [0.25, 0.3) is 0 Å². The third-order valence-corrected chi connectivity index (χ3v) is 4.77. The van der Waals surface area contributed by atoms with Crippen molar-refractivity contribution in [3.05, 3.63) is 27.5 Å². The molecule has 0 atom stereocenters. The van der Waals surface area contributed by atoms with Gasteiger partial charge in [0.05, 0.1) is 9.26 Å². The van der Waals surface area contributed by atoms with Crippen molar-refractivity contribution < 1.29 is 9.47 Å². The van der Waals surface area contributed by atoms with Crippen LogP contribution in [0.1, 0.15) is 24.5 Å². The molecule has 0 amide bonds. The number of aromatic nitrogens is 2. The molecule has 108 valence electrons. The number of anilines is 1. The SMILES string of the molecule is Nc1nc(-c2ccc3c(c2)OCCO3)nc(C2CC2)c1I. The fourth-order valence-electron chi connectivity index (χ4n) is 2.42. The highest BCUT2D eigenvalue weighted by Gasteiger charge is 2.29. The number of nitrogens with two attached hydrogens (primary N) is 1. The number of fused-ring (bicyclic) bond motifs is 1. The van der Waals surface area contributed by atoms with Gasteiger partial charge in [0.1, 0.15) is 19.0 Å². The van der Waals surface area contributed by atoms with Gasteiger partial charge < -0.3 is 15.2 Å². The van der Waals surface area contributed by atoms with Crippen LogP contribution in [0.3, 0.4) is 0 Å². The minimum Gasteiger partial charge on any atom is -0.486 e. The zero-order valence-electron chi connectivity index (χ0n) is 11.3. The Morgan fingerprint density at radius 3 is 2.62 bits per heavy atom. The van der Waals surface area contributed by atoms with Crippen LogP contribution in [-0.4, -0.2) is 23.2 Å². The molecule has 0 radical (unpaired) electrons. The van der Waals surface area contributed by atoms with E-state index in [4.69, 9.17) is 20.2 Å². The van der Waals surface area contributed by atoms with Crippen LogP contribution in [0.25, 0.3) is 11.4 Å². The molecule has 1 aromatic carbocycles. The maximum absolute atomic E-state index is 6.05. The number of rotatable bonds is 2. The molecule has 1 aliphatic carbocycles. The molecule has 0 spiro atoms. The Morgan fingerprint density at radius 2 is 1.86 bits per heavy atom. The molecular weight excluding hydrogens is 381 g/mol. The van der Waals surface area contributed by atoms with Crippen LogP contribution in [0.5, 0.6) is 11.5 Å². The maximum atomic E-state index is 6.05. The zero-order valence-corrected chi connectivity index (χ0v) is 13.5. The molecule has 2 heterocycles. The average molecular weight is 395 g/mol. The molecule has 1 fully saturated rings. The lowest BCUT2D eigenvalue weighted by Crippen LogP contribution is -2.15. The minimum atomic E-state index is 0.540. The molecule has 2 aromatic rings. The third-order valence-electron chi connectivity index (χ3n) is 3.67. The van der Waals surface area contributed by atoms with Crippen LogP contribution in [0.4, 0.5) is 5.82 Å². The van der Waals surface area contributed by atoms with Gasteiger partial charge in [-0.3, -0.25) is 0 Å². The Morgan fingerprint density at radius 1 is 1.10 bits per heavy atom. The van der Waals surface area contributed by atoms with E-state index in [0.29, 0.717) is 30.8 Å². The molecule has 6 heteroatoms. The van der Waals surface area contributed by atoms with E-state index < -0.39 is 0 Å². The van der Waals surface area contributed by atoms with Gasteiger partial charge in [0.15, 0.2) is 17.3 Å². The lowest BCUT2D eigenvalue weighted by atomic mass is 10.1. The Balaban J connectivity index is 1.79. The molecular formula is C15H14IN3O2. The molecule has 1 aromatic heterocycles. The Labute approximate surface area is 136 Å². The van der Waals surface area contributed by atoms with Crippen molar-refractivity contribution in [3.8, 4) is 22.9 Å². The molecule has 0 bridgehead atoms. The van der Waals surface area contributed by atoms with Crippen LogP contribution in [-0.2, 0) is 0 Å². The second-order valence-corrected chi connectivity index (χ2v) is 6.34. The fourth-order valence-corrected chi connectivity index (χ4v) is 3.10. The number of benzene rings is 1. The molecule has 1 saturated carbocycles. The van der Waals surface area contributed by atoms with E-state index in [0.717, 1.165) is 26.3 Å². The second kappa shape index (κ2) is 5.01. The Kier molecular flexibility index (Phi) is 3.13. The summed E-state index contributed by atoms with van der Waals surface area (Å²) in [6.07, 6.45) is 2.38. The van der Waals surface area contributed by atoms with Crippen LogP contribution in [0.2, 0.25) is 0 Å². The molecule has 2 N–H and O–H groups in total. The molecule has 5 nitrogen and oxygen atoms in total. The summed E-state index contributed by atoms with van der Waals surface area (Å²) in [5.74, 6) is 3.26. The van der Waals surface area contributed by atoms with E-state index in [-0.39, 0.29) is 0 Å². The number of ether oxygens (including phenoxy) is 2. The van der Waals surface area contributed by atoms with E-state index in [2.05, 4.69) is 27.6 Å². The first-order valence-corrected chi connectivity index (χ1v) is 8.03. The minimum absolute atomic E-state index is 0.540. The van der Waals surface area contributed by atoms with Gasteiger partial charge in [-0.2, -0.15) is 0 Å². The molecule has 0 unspecified atom stereocenters. The highest BCUT2D eigenvalue weighted by molar-refractivity contribution is 14.1. The van der Waals surface area contributed by atoms with Crippen molar-refractivity contribution in [1.29, 1.82) is 0 Å². The molecule has 1 aliphatic heterocycles. The van der Waals surface area contributed by atoms with Gasteiger partial charge >= 0.3 is 0 Å². The van der Waals surface area contributed by atoms with E-state index in [1.807, 2.05) is 18.2 Å². The molecule has 21 heavy (non-hydrogen) atoms. The van der Waals surface area contributed by atoms with Crippen molar-refractivity contribution in [2.75, 3.05) is 18.9 Å². The predicted octanol–water partition coefficient (Wildman–Crippen LogP) is 2.98. The average Bonchev–Trinajstić information content (AvgIpc) is 3.34. The van der Waals surface area contributed by atoms with Gasteiger partial charge in [-0.05, 0) is 53.6 Å². The highest BCUT2D eigenvalue weighted by Crippen LogP contribution is 2.43. The van der Waals surface area contributed by atoms with Crippen molar-refractivity contribution in [2.45, 2.75) is 18.8 Å². The number of halogens is 1. The van der Waals surface area contributed by atoms with E-state index in [1.165, 1.54) is 12.8 Å². The van der Waals surface area contributed by atoms with Crippen LogP contribution < -0.4 is 15.2 Å². The number of nitrogens with zero attached hydrogens (tertiary/aromatic N) is 2. The largest absolute Gasteiger partial charge is 0.486 e. The topological polar surface area (TPSA) is 70.3 Å². The Bertz CT molecular complexity index is 716. The first kappa shape index (κ1) is 13.1. The standard InChI is InChI=1S/C15H14IN3O2/c16-12-13(8-1-2-8)18-15(19-14(12)17)9-3-4-10-11(7-9)21-6-5-20-10/h3-4,7-8H,1-2,5-6H2,(H2,17,18,19). The summed E-state index contributed by atoms with van der Waals surface area (Å²) < 4.78 is 12.1. The van der Waals surface area contributed by atoms with Gasteiger partial charge in [-0.25, -0.2) is 9.97 Å². The number of hydrogen-bond acceptors (Lipinski definition) is 5. The molecule has 4 rings (SSSR count). The van der Waals surface area contributed by atoms with E-state index in [1.54, 1.807) is 0 Å². The quantitative estimate of drug-likeness (QED) is 0.792. The first-order chi connectivity index (χ1) is 10.2. The van der Waals surface area contributed by atoms with Crippen molar-refractivity contribution in [3.63, 3.8) is 0 Å². The summed E-state index contributed by atoms with van der Waals surface area (Å²) >= 11 is 2.24. The van der Waals surface area contributed by atoms with Gasteiger partial charge in [-0.15, -0.1) is 0 Å². The summed E-state index contributed by atoms with van der Waals surface area (Å²) in [6.45, 7) is 1.16. The summed E-state index contributed by atoms with van der Waals surface area (Å²) in [4.78, 5) is 9.14.